The van der Waals surface area contributed by atoms with Gasteiger partial charge in [-0.2, -0.15) is 0 Å². The third kappa shape index (κ3) is 5.71. The van der Waals surface area contributed by atoms with Crippen LogP contribution >= 0.6 is 15.9 Å². The Balaban J connectivity index is 1.60. The van der Waals surface area contributed by atoms with E-state index < -0.39 is 0 Å². The highest BCUT2D eigenvalue weighted by molar-refractivity contribution is 9.10. The first-order valence-electron chi connectivity index (χ1n) is 9.24. The Kier molecular flexibility index (Phi) is 7.12. The fourth-order valence-electron chi connectivity index (χ4n) is 2.80. The first kappa shape index (κ1) is 19.7. The molecule has 1 heterocycles. The number of carbonyl (C=O) groups excluding carboxylic acids is 1. The van der Waals surface area contributed by atoms with Crippen molar-refractivity contribution in [3.05, 3.63) is 52.5 Å². The zero-order valence-electron chi connectivity index (χ0n) is 15.4. The SMILES string of the molecule is CCCOc1ccc(C(=O)Nc2cccc(OCC3CCCO3)c2)cc1Br. The molecule has 27 heavy (non-hydrogen) atoms. The van der Waals surface area contributed by atoms with E-state index in [-0.39, 0.29) is 12.0 Å². The van der Waals surface area contributed by atoms with Crippen LogP contribution in [0.3, 0.4) is 0 Å². The minimum atomic E-state index is -0.186. The fraction of sp³-hybridized carbons (Fsp3) is 0.381. The van der Waals surface area contributed by atoms with Crippen molar-refractivity contribution in [1.29, 1.82) is 0 Å². The molecule has 0 bridgehead atoms. The van der Waals surface area contributed by atoms with Gasteiger partial charge in [-0.25, -0.2) is 0 Å². The molecule has 1 aliphatic heterocycles. The van der Waals surface area contributed by atoms with Gasteiger partial charge in [0.2, 0.25) is 0 Å². The molecule has 0 radical (unpaired) electrons. The van der Waals surface area contributed by atoms with E-state index in [4.69, 9.17) is 14.2 Å². The molecule has 0 spiro atoms. The number of hydrogen-bond donors (Lipinski definition) is 1. The van der Waals surface area contributed by atoms with Crippen LogP contribution in [0.4, 0.5) is 5.69 Å². The number of hydrogen-bond acceptors (Lipinski definition) is 4. The van der Waals surface area contributed by atoms with E-state index in [2.05, 4.69) is 21.2 Å². The van der Waals surface area contributed by atoms with E-state index >= 15 is 0 Å². The number of carbonyl (C=O) groups is 1. The highest BCUT2D eigenvalue weighted by Gasteiger charge is 2.16. The van der Waals surface area contributed by atoms with E-state index in [1.807, 2.05) is 31.2 Å². The lowest BCUT2D eigenvalue weighted by Crippen LogP contribution is -2.16. The summed E-state index contributed by atoms with van der Waals surface area (Å²) < 4.78 is 17.7. The van der Waals surface area contributed by atoms with Crippen molar-refractivity contribution in [3.8, 4) is 11.5 Å². The van der Waals surface area contributed by atoms with Crippen LogP contribution in [0.5, 0.6) is 11.5 Å². The van der Waals surface area contributed by atoms with E-state index in [0.717, 1.165) is 36.1 Å². The van der Waals surface area contributed by atoms with Gasteiger partial charge in [-0.05, 0) is 65.5 Å². The van der Waals surface area contributed by atoms with Crippen molar-refractivity contribution in [2.45, 2.75) is 32.3 Å². The Morgan fingerprint density at radius 3 is 2.89 bits per heavy atom. The van der Waals surface area contributed by atoms with Crippen molar-refractivity contribution in [2.75, 3.05) is 25.1 Å². The first-order valence-corrected chi connectivity index (χ1v) is 10.0. The van der Waals surface area contributed by atoms with Gasteiger partial charge in [0.05, 0.1) is 17.2 Å². The summed E-state index contributed by atoms with van der Waals surface area (Å²) in [5, 5.41) is 2.90. The Morgan fingerprint density at radius 2 is 2.15 bits per heavy atom. The van der Waals surface area contributed by atoms with Crippen molar-refractivity contribution < 1.29 is 19.0 Å². The van der Waals surface area contributed by atoms with Gasteiger partial charge in [0, 0.05) is 23.9 Å². The Labute approximate surface area is 168 Å². The van der Waals surface area contributed by atoms with Crippen LogP contribution in [0.15, 0.2) is 46.9 Å². The first-order chi connectivity index (χ1) is 13.2. The van der Waals surface area contributed by atoms with Gasteiger partial charge < -0.3 is 19.5 Å². The number of ether oxygens (including phenoxy) is 3. The molecule has 1 atom stereocenters. The predicted octanol–water partition coefficient (Wildman–Crippen LogP) is 5.05. The van der Waals surface area contributed by atoms with Gasteiger partial charge in [-0.3, -0.25) is 4.79 Å². The standard InChI is InChI=1S/C21H24BrNO4/c1-2-10-26-20-9-8-15(12-19(20)22)21(24)23-16-5-3-6-17(13-16)27-14-18-7-4-11-25-18/h3,5-6,8-9,12-13,18H,2,4,7,10-11,14H2,1H3,(H,23,24). The Hall–Kier alpha value is -2.05. The number of nitrogens with one attached hydrogen (secondary N) is 1. The number of anilines is 1. The molecule has 0 saturated carbocycles. The van der Waals surface area contributed by atoms with E-state index in [0.29, 0.717) is 30.2 Å². The predicted molar refractivity (Wildman–Crippen MR) is 109 cm³/mol. The maximum absolute atomic E-state index is 12.5. The third-order valence-electron chi connectivity index (χ3n) is 4.21. The molecule has 1 aliphatic rings. The molecule has 144 valence electrons. The molecule has 2 aromatic carbocycles. The average Bonchev–Trinajstić information content (AvgIpc) is 3.19. The zero-order valence-corrected chi connectivity index (χ0v) is 17.0. The lowest BCUT2D eigenvalue weighted by Gasteiger charge is -2.13. The second-order valence-electron chi connectivity index (χ2n) is 6.42. The summed E-state index contributed by atoms with van der Waals surface area (Å²) in [6.45, 7) is 4.03. The summed E-state index contributed by atoms with van der Waals surface area (Å²) >= 11 is 3.46. The number of benzene rings is 2. The summed E-state index contributed by atoms with van der Waals surface area (Å²) in [7, 11) is 0. The molecule has 1 amide bonds. The third-order valence-corrected chi connectivity index (χ3v) is 4.83. The number of halogens is 1. The van der Waals surface area contributed by atoms with E-state index in [9.17, 15) is 4.79 Å². The van der Waals surface area contributed by atoms with Crippen LogP contribution < -0.4 is 14.8 Å². The highest BCUT2D eigenvalue weighted by atomic mass is 79.9. The van der Waals surface area contributed by atoms with Crippen molar-refractivity contribution in [2.24, 2.45) is 0 Å². The monoisotopic (exact) mass is 433 g/mol. The summed E-state index contributed by atoms with van der Waals surface area (Å²) in [6, 6.07) is 12.7. The van der Waals surface area contributed by atoms with Crippen LogP contribution in [0.2, 0.25) is 0 Å². The quantitative estimate of drug-likeness (QED) is 0.632. The average molecular weight is 434 g/mol. The van der Waals surface area contributed by atoms with Crippen LogP contribution in [-0.4, -0.2) is 31.8 Å². The molecule has 1 saturated heterocycles. The van der Waals surface area contributed by atoms with Gasteiger partial charge in [-0.1, -0.05) is 13.0 Å². The molecule has 1 fully saturated rings. The van der Waals surface area contributed by atoms with Crippen LogP contribution in [0.1, 0.15) is 36.5 Å². The molecular formula is C21H24BrNO4. The topological polar surface area (TPSA) is 56.8 Å². The maximum Gasteiger partial charge on any atom is 0.255 e. The minimum absolute atomic E-state index is 0.161. The van der Waals surface area contributed by atoms with Crippen LogP contribution in [0.25, 0.3) is 0 Å². The van der Waals surface area contributed by atoms with Crippen molar-refractivity contribution in [1.82, 2.24) is 0 Å². The lowest BCUT2D eigenvalue weighted by atomic mass is 10.2. The normalized spacial score (nSPS) is 16.1. The van der Waals surface area contributed by atoms with E-state index in [1.54, 1.807) is 18.2 Å². The van der Waals surface area contributed by atoms with Crippen molar-refractivity contribution in [3.63, 3.8) is 0 Å². The molecule has 0 aromatic heterocycles. The summed E-state index contributed by atoms with van der Waals surface area (Å²) in [4.78, 5) is 12.5. The molecule has 1 N–H and O–H groups in total. The van der Waals surface area contributed by atoms with Gasteiger partial charge in [-0.15, -0.1) is 0 Å². The Morgan fingerprint density at radius 1 is 1.26 bits per heavy atom. The van der Waals surface area contributed by atoms with Gasteiger partial charge in [0.15, 0.2) is 0 Å². The molecule has 5 nitrogen and oxygen atoms in total. The summed E-state index contributed by atoms with van der Waals surface area (Å²) in [5.41, 5.74) is 1.24. The van der Waals surface area contributed by atoms with Gasteiger partial charge in [0.25, 0.3) is 5.91 Å². The van der Waals surface area contributed by atoms with E-state index in [1.165, 1.54) is 0 Å². The molecule has 3 rings (SSSR count). The van der Waals surface area contributed by atoms with Crippen LogP contribution in [0, 0.1) is 0 Å². The zero-order chi connectivity index (χ0) is 19.1. The molecular weight excluding hydrogens is 410 g/mol. The fourth-order valence-corrected chi connectivity index (χ4v) is 3.30. The molecule has 0 aliphatic carbocycles. The second kappa shape index (κ2) is 9.76. The highest BCUT2D eigenvalue weighted by Crippen LogP contribution is 2.27. The number of rotatable bonds is 8. The van der Waals surface area contributed by atoms with Gasteiger partial charge in [0.1, 0.15) is 18.1 Å². The second-order valence-corrected chi connectivity index (χ2v) is 7.28. The molecule has 1 unspecified atom stereocenters. The largest absolute Gasteiger partial charge is 0.492 e. The molecule has 2 aromatic rings. The number of amides is 1. The van der Waals surface area contributed by atoms with Crippen molar-refractivity contribution >= 4 is 27.5 Å². The smallest absolute Gasteiger partial charge is 0.255 e. The Bertz CT molecular complexity index is 775. The molecule has 6 heteroatoms. The maximum atomic E-state index is 12.5. The summed E-state index contributed by atoms with van der Waals surface area (Å²) in [5.74, 6) is 1.26. The van der Waals surface area contributed by atoms with Gasteiger partial charge >= 0.3 is 0 Å². The summed E-state index contributed by atoms with van der Waals surface area (Å²) in [6.07, 6.45) is 3.21. The minimum Gasteiger partial charge on any atom is -0.492 e. The van der Waals surface area contributed by atoms with Crippen LogP contribution in [-0.2, 0) is 4.74 Å². The lowest BCUT2D eigenvalue weighted by molar-refractivity contribution is 0.0680.